The Kier molecular flexibility index (Phi) is 6.31. The van der Waals surface area contributed by atoms with Crippen molar-refractivity contribution in [3.63, 3.8) is 0 Å². The zero-order chi connectivity index (χ0) is 20.1. The van der Waals surface area contributed by atoms with Gasteiger partial charge in [-0.15, -0.1) is 0 Å². The summed E-state index contributed by atoms with van der Waals surface area (Å²) in [6.07, 6.45) is 2.89. The summed E-state index contributed by atoms with van der Waals surface area (Å²) in [6, 6.07) is 21.7. The van der Waals surface area contributed by atoms with Gasteiger partial charge in [0.25, 0.3) is 0 Å². The number of carbonyl (C=O) groups is 1. The Morgan fingerprint density at radius 1 is 0.966 bits per heavy atom. The maximum absolute atomic E-state index is 12.2. The van der Waals surface area contributed by atoms with E-state index in [4.69, 9.17) is 4.74 Å². The van der Waals surface area contributed by atoms with Gasteiger partial charge in [-0.05, 0) is 37.1 Å². The lowest BCUT2D eigenvalue weighted by Gasteiger charge is -2.54. The Morgan fingerprint density at radius 2 is 1.52 bits per heavy atom. The van der Waals surface area contributed by atoms with Crippen molar-refractivity contribution in [2.24, 2.45) is 5.41 Å². The van der Waals surface area contributed by atoms with Crippen LogP contribution in [0.25, 0.3) is 0 Å². The van der Waals surface area contributed by atoms with Crippen molar-refractivity contribution in [1.29, 1.82) is 0 Å². The topological polar surface area (TPSA) is 32.8 Å². The average Bonchev–Trinajstić information content (AvgIpc) is 2.76. The highest BCUT2D eigenvalue weighted by Gasteiger charge is 2.46. The zero-order valence-electron chi connectivity index (χ0n) is 17.4. The minimum Gasteiger partial charge on any atom is -0.384 e. The predicted molar refractivity (Wildman–Crippen MR) is 116 cm³/mol. The Labute approximate surface area is 174 Å². The number of hydrogen-bond donors (Lipinski definition) is 0. The summed E-state index contributed by atoms with van der Waals surface area (Å²) in [5.41, 5.74) is 3.13. The molecule has 0 atom stereocenters. The molecule has 0 aromatic heterocycles. The molecule has 29 heavy (non-hydrogen) atoms. The fraction of sp³-hybridized carbons (Fsp3) is 0.480. The number of carbonyl (C=O) groups excluding carboxylic acids is 1. The summed E-state index contributed by atoms with van der Waals surface area (Å²) in [6.45, 7) is 5.69. The molecule has 154 valence electrons. The van der Waals surface area contributed by atoms with Crippen LogP contribution in [0.2, 0.25) is 0 Å². The molecular formula is C25H32N2O2. The van der Waals surface area contributed by atoms with Gasteiger partial charge in [0.1, 0.15) is 0 Å². The molecule has 0 bridgehead atoms. The molecule has 0 unspecified atom stereocenters. The van der Waals surface area contributed by atoms with Crippen LogP contribution in [-0.4, -0.2) is 62.1 Å². The van der Waals surface area contributed by atoms with Crippen LogP contribution in [0.1, 0.15) is 36.3 Å². The number of ether oxygens (including phenoxy) is 1. The molecule has 2 aliphatic rings. The van der Waals surface area contributed by atoms with Crippen LogP contribution in [-0.2, 0) is 9.53 Å². The van der Waals surface area contributed by atoms with E-state index in [0.29, 0.717) is 24.4 Å². The van der Waals surface area contributed by atoms with Crippen molar-refractivity contribution in [1.82, 2.24) is 9.80 Å². The van der Waals surface area contributed by atoms with Crippen LogP contribution in [0.15, 0.2) is 60.7 Å². The lowest BCUT2D eigenvalue weighted by molar-refractivity contribution is -0.147. The summed E-state index contributed by atoms with van der Waals surface area (Å²) in [5.74, 6) is 0.646. The molecule has 2 saturated heterocycles. The van der Waals surface area contributed by atoms with Crippen molar-refractivity contribution in [3.8, 4) is 0 Å². The largest absolute Gasteiger partial charge is 0.384 e. The van der Waals surface area contributed by atoms with Gasteiger partial charge in [-0.2, -0.15) is 0 Å². The first kappa shape index (κ1) is 20.1. The lowest BCUT2D eigenvalue weighted by Crippen LogP contribution is -2.62. The second kappa shape index (κ2) is 9.10. The molecule has 2 aliphatic heterocycles. The number of likely N-dealkylation sites (tertiary alicyclic amines) is 2. The first-order chi connectivity index (χ1) is 14.2. The van der Waals surface area contributed by atoms with Crippen molar-refractivity contribution >= 4 is 5.91 Å². The molecule has 0 aliphatic carbocycles. The molecule has 2 fully saturated rings. The quantitative estimate of drug-likeness (QED) is 0.719. The van der Waals surface area contributed by atoms with Crippen LogP contribution in [0.4, 0.5) is 0 Å². The minimum absolute atomic E-state index is 0.244. The van der Waals surface area contributed by atoms with E-state index in [9.17, 15) is 4.79 Å². The smallest absolute Gasteiger partial charge is 0.224 e. The van der Waals surface area contributed by atoms with Gasteiger partial charge < -0.3 is 14.5 Å². The molecule has 0 N–H and O–H groups in total. The molecule has 0 saturated carbocycles. The maximum atomic E-state index is 12.2. The van der Waals surface area contributed by atoms with Crippen LogP contribution < -0.4 is 0 Å². The molecule has 2 heterocycles. The van der Waals surface area contributed by atoms with Gasteiger partial charge in [-0.25, -0.2) is 0 Å². The van der Waals surface area contributed by atoms with E-state index >= 15 is 0 Å². The van der Waals surface area contributed by atoms with E-state index in [2.05, 4.69) is 65.6 Å². The van der Waals surface area contributed by atoms with Gasteiger partial charge >= 0.3 is 0 Å². The van der Waals surface area contributed by atoms with Crippen LogP contribution in [0.5, 0.6) is 0 Å². The van der Waals surface area contributed by atoms with Crippen molar-refractivity contribution < 1.29 is 9.53 Å². The average molecular weight is 393 g/mol. The van der Waals surface area contributed by atoms with E-state index in [1.54, 1.807) is 7.11 Å². The van der Waals surface area contributed by atoms with Gasteiger partial charge in [-0.1, -0.05) is 60.7 Å². The third kappa shape index (κ3) is 4.71. The fourth-order valence-corrected chi connectivity index (χ4v) is 4.85. The second-order valence-electron chi connectivity index (χ2n) is 8.67. The molecule has 1 spiro atoms. The van der Waals surface area contributed by atoms with Crippen LogP contribution in [0.3, 0.4) is 0 Å². The third-order valence-electron chi connectivity index (χ3n) is 6.69. The Bertz CT molecular complexity index is 737. The second-order valence-corrected chi connectivity index (χ2v) is 8.67. The number of rotatable bonds is 7. The van der Waals surface area contributed by atoms with Crippen molar-refractivity contribution in [3.05, 3.63) is 71.8 Å². The molecule has 4 rings (SSSR count). The third-order valence-corrected chi connectivity index (χ3v) is 6.69. The number of amides is 1. The van der Waals surface area contributed by atoms with Gasteiger partial charge in [0.2, 0.25) is 5.91 Å². The van der Waals surface area contributed by atoms with Gasteiger partial charge in [0, 0.05) is 38.1 Å². The van der Waals surface area contributed by atoms with Crippen LogP contribution >= 0.6 is 0 Å². The van der Waals surface area contributed by atoms with E-state index in [1.807, 2.05) is 4.90 Å². The number of nitrogens with zero attached hydrogens (tertiary/aromatic N) is 2. The maximum Gasteiger partial charge on any atom is 0.224 e. The highest BCUT2D eigenvalue weighted by atomic mass is 16.5. The Morgan fingerprint density at radius 3 is 2.03 bits per heavy atom. The minimum atomic E-state index is 0.244. The number of benzene rings is 2. The van der Waals surface area contributed by atoms with Gasteiger partial charge in [0.15, 0.2) is 0 Å². The molecule has 2 aromatic carbocycles. The number of methoxy groups -OCH3 is 1. The fourth-order valence-electron chi connectivity index (χ4n) is 4.85. The number of piperidine rings is 1. The van der Waals surface area contributed by atoms with E-state index < -0.39 is 0 Å². The zero-order valence-corrected chi connectivity index (χ0v) is 17.4. The summed E-state index contributed by atoms with van der Waals surface area (Å²) >= 11 is 0. The van der Waals surface area contributed by atoms with Crippen molar-refractivity contribution in [2.45, 2.75) is 25.2 Å². The molecule has 1 amide bonds. The van der Waals surface area contributed by atoms with E-state index in [-0.39, 0.29) is 5.91 Å². The van der Waals surface area contributed by atoms with E-state index in [1.165, 1.54) is 24.0 Å². The first-order valence-corrected chi connectivity index (χ1v) is 10.8. The summed E-state index contributed by atoms with van der Waals surface area (Å²) in [5, 5.41) is 0. The molecule has 0 radical (unpaired) electrons. The van der Waals surface area contributed by atoms with E-state index in [0.717, 1.165) is 32.7 Å². The summed E-state index contributed by atoms with van der Waals surface area (Å²) < 4.78 is 5.04. The monoisotopic (exact) mass is 392 g/mol. The summed E-state index contributed by atoms with van der Waals surface area (Å²) in [4.78, 5) is 16.8. The SMILES string of the molecule is COCCC(=O)N1CC2(CCN(CC(c3ccccc3)c3ccccc3)CC2)C1. The molecule has 4 nitrogen and oxygen atoms in total. The first-order valence-electron chi connectivity index (χ1n) is 10.8. The standard InChI is InChI=1S/C25H32N2O2/c1-29-17-12-24(28)27-19-25(20-27)13-15-26(16-14-25)18-23(21-8-4-2-5-9-21)22-10-6-3-7-11-22/h2-11,23H,12-20H2,1H3. The normalized spacial score (nSPS) is 18.8. The molecular weight excluding hydrogens is 360 g/mol. The van der Waals surface area contributed by atoms with Crippen LogP contribution in [0, 0.1) is 5.41 Å². The lowest BCUT2D eigenvalue weighted by atomic mass is 9.71. The molecule has 2 aromatic rings. The highest BCUT2D eigenvalue weighted by molar-refractivity contribution is 5.77. The van der Waals surface area contributed by atoms with Gasteiger partial charge in [0.05, 0.1) is 13.0 Å². The summed E-state index contributed by atoms with van der Waals surface area (Å²) in [7, 11) is 1.65. The molecule has 4 heteroatoms. The number of hydrogen-bond acceptors (Lipinski definition) is 3. The Balaban J connectivity index is 1.34. The van der Waals surface area contributed by atoms with Gasteiger partial charge in [-0.3, -0.25) is 4.79 Å². The highest BCUT2D eigenvalue weighted by Crippen LogP contribution is 2.41. The Hall–Kier alpha value is -2.17. The predicted octanol–water partition coefficient (Wildman–Crippen LogP) is 3.78. The van der Waals surface area contributed by atoms with Crippen molar-refractivity contribution in [2.75, 3.05) is 46.4 Å².